The largest absolute Gasteiger partial charge is 0.255 e. The summed E-state index contributed by atoms with van der Waals surface area (Å²) in [5, 5.41) is 0. The van der Waals surface area contributed by atoms with Crippen molar-refractivity contribution in [1.29, 1.82) is 0 Å². The van der Waals surface area contributed by atoms with Crippen LogP contribution in [-0.4, -0.2) is 0 Å². The molecular weight excluding hydrogens is 412 g/mol. The highest BCUT2D eigenvalue weighted by Crippen LogP contribution is 2.28. The standard InChI is InChI=1S/C12H9I2N/c13-15(14)12-8-4-7-11(9-12)10-5-2-1-3-6-10/h1-9H. The van der Waals surface area contributed by atoms with E-state index in [1.54, 1.807) is 0 Å². The van der Waals surface area contributed by atoms with E-state index in [-0.39, 0.29) is 0 Å². The Morgan fingerprint density at radius 1 is 0.733 bits per heavy atom. The van der Waals surface area contributed by atoms with Crippen LogP contribution in [0, 0.1) is 0 Å². The van der Waals surface area contributed by atoms with Crippen LogP contribution < -0.4 is 1.33 Å². The van der Waals surface area contributed by atoms with Gasteiger partial charge < -0.3 is 0 Å². The minimum Gasteiger partial charge on any atom is -0.255 e. The number of benzene rings is 2. The fourth-order valence-corrected chi connectivity index (χ4v) is 2.02. The van der Waals surface area contributed by atoms with E-state index in [4.69, 9.17) is 0 Å². The van der Waals surface area contributed by atoms with Gasteiger partial charge in [-0.05, 0) is 23.3 Å². The molecule has 0 aromatic heterocycles. The molecule has 1 nitrogen and oxygen atoms in total. The van der Waals surface area contributed by atoms with Crippen LogP contribution >= 0.6 is 45.7 Å². The number of hydrogen-bond acceptors (Lipinski definition) is 1. The Morgan fingerprint density at radius 3 is 2.07 bits per heavy atom. The first-order valence-corrected chi connectivity index (χ1v) is 6.47. The molecule has 0 bridgehead atoms. The van der Waals surface area contributed by atoms with Gasteiger partial charge in [0.05, 0.1) is 51.4 Å². The Morgan fingerprint density at radius 2 is 1.40 bits per heavy atom. The smallest absolute Gasteiger partial charge is 0.0697 e. The highest BCUT2D eigenvalue weighted by Gasteiger charge is 2.01. The lowest BCUT2D eigenvalue weighted by Crippen LogP contribution is -1.89. The zero-order valence-corrected chi connectivity index (χ0v) is 12.2. The summed E-state index contributed by atoms with van der Waals surface area (Å²) in [4.78, 5) is 0. The van der Waals surface area contributed by atoms with Gasteiger partial charge in [0.1, 0.15) is 0 Å². The van der Waals surface area contributed by atoms with Crippen molar-refractivity contribution in [2.75, 3.05) is 1.33 Å². The van der Waals surface area contributed by atoms with Gasteiger partial charge in [-0.1, -0.05) is 42.5 Å². The van der Waals surface area contributed by atoms with E-state index < -0.39 is 0 Å². The van der Waals surface area contributed by atoms with E-state index >= 15 is 0 Å². The number of rotatable bonds is 2. The van der Waals surface area contributed by atoms with E-state index in [1.165, 1.54) is 16.8 Å². The summed E-state index contributed by atoms with van der Waals surface area (Å²) in [5.41, 5.74) is 3.72. The highest BCUT2D eigenvalue weighted by molar-refractivity contribution is 14.2. The lowest BCUT2D eigenvalue weighted by Gasteiger charge is -2.09. The molecule has 0 spiro atoms. The molecular formula is C12H9I2N. The molecule has 76 valence electrons. The second kappa shape index (κ2) is 5.16. The summed E-state index contributed by atoms with van der Waals surface area (Å²) in [6.07, 6.45) is 0. The Hall–Kier alpha value is -0.300. The van der Waals surface area contributed by atoms with Gasteiger partial charge in [-0.25, -0.2) is 0 Å². The fraction of sp³-hybridized carbons (Fsp3) is 0. The third-order valence-electron chi connectivity index (χ3n) is 2.15. The molecule has 0 aliphatic rings. The molecule has 0 saturated carbocycles. The molecule has 2 aromatic rings. The number of nitrogens with zero attached hydrogens (tertiary/aromatic N) is 1. The average Bonchev–Trinajstić information content (AvgIpc) is 2.30. The van der Waals surface area contributed by atoms with Crippen molar-refractivity contribution in [3.05, 3.63) is 54.6 Å². The molecule has 0 atom stereocenters. The van der Waals surface area contributed by atoms with Crippen LogP contribution in [0.2, 0.25) is 0 Å². The summed E-state index contributed by atoms with van der Waals surface area (Å²) in [6.45, 7) is 0. The van der Waals surface area contributed by atoms with Crippen molar-refractivity contribution in [1.82, 2.24) is 0 Å². The van der Waals surface area contributed by atoms with Gasteiger partial charge in [0.25, 0.3) is 0 Å². The Kier molecular flexibility index (Phi) is 3.85. The van der Waals surface area contributed by atoms with Crippen LogP contribution in [0.3, 0.4) is 0 Å². The number of halogens is 2. The molecule has 0 aliphatic heterocycles. The molecule has 0 saturated heterocycles. The van der Waals surface area contributed by atoms with Gasteiger partial charge in [-0.3, -0.25) is 1.33 Å². The van der Waals surface area contributed by atoms with Crippen LogP contribution in [0.4, 0.5) is 5.69 Å². The van der Waals surface area contributed by atoms with Gasteiger partial charge in [-0.15, -0.1) is 0 Å². The molecule has 0 unspecified atom stereocenters. The van der Waals surface area contributed by atoms with Gasteiger partial charge in [0, 0.05) is 0 Å². The zero-order valence-electron chi connectivity index (χ0n) is 7.90. The zero-order chi connectivity index (χ0) is 10.7. The van der Waals surface area contributed by atoms with Crippen LogP contribution in [0.15, 0.2) is 54.6 Å². The normalized spacial score (nSPS) is 10.0. The molecule has 3 heteroatoms. The molecule has 0 fully saturated rings. The molecule has 2 aromatic carbocycles. The summed E-state index contributed by atoms with van der Waals surface area (Å²) >= 11 is 4.53. The molecule has 0 heterocycles. The summed E-state index contributed by atoms with van der Waals surface area (Å²) in [7, 11) is 0. The van der Waals surface area contributed by atoms with E-state index in [2.05, 4.69) is 95.6 Å². The highest BCUT2D eigenvalue weighted by atomic mass is 127. The monoisotopic (exact) mass is 421 g/mol. The maximum atomic E-state index is 2.26. The minimum atomic E-state index is 1.21. The summed E-state index contributed by atoms with van der Waals surface area (Å²) in [5.74, 6) is 0. The van der Waals surface area contributed by atoms with E-state index in [9.17, 15) is 0 Å². The minimum absolute atomic E-state index is 1.21. The van der Waals surface area contributed by atoms with Gasteiger partial charge in [0.15, 0.2) is 0 Å². The van der Waals surface area contributed by atoms with Crippen molar-refractivity contribution < 1.29 is 0 Å². The van der Waals surface area contributed by atoms with Gasteiger partial charge >= 0.3 is 0 Å². The fourth-order valence-electron chi connectivity index (χ4n) is 1.42. The predicted molar refractivity (Wildman–Crippen MR) is 82.4 cm³/mol. The van der Waals surface area contributed by atoms with Crippen molar-refractivity contribution in [2.45, 2.75) is 0 Å². The predicted octanol–water partition coefficient (Wildman–Crippen LogP) is 4.86. The molecule has 0 amide bonds. The van der Waals surface area contributed by atoms with E-state index in [1.807, 2.05) is 6.07 Å². The van der Waals surface area contributed by atoms with Crippen molar-refractivity contribution in [3.63, 3.8) is 0 Å². The van der Waals surface area contributed by atoms with Gasteiger partial charge in [0.2, 0.25) is 0 Å². The van der Waals surface area contributed by atoms with E-state index in [0.717, 1.165) is 0 Å². The van der Waals surface area contributed by atoms with Crippen LogP contribution in [0.5, 0.6) is 0 Å². The first-order valence-electron chi connectivity index (χ1n) is 4.54. The molecule has 15 heavy (non-hydrogen) atoms. The van der Waals surface area contributed by atoms with Crippen LogP contribution in [-0.2, 0) is 0 Å². The summed E-state index contributed by atoms with van der Waals surface area (Å²) < 4.78 is 2.06. The average molecular weight is 421 g/mol. The molecule has 0 radical (unpaired) electrons. The van der Waals surface area contributed by atoms with Crippen molar-refractivity contribution >= 4 is 51.4 Å². The van der Waals surface area contributed by atoms with Crippen molar-refractivity contribution in [2.24, 2.45) is 0 Å². The molecule has 0 N–H and O–H groups in total. The summed E-state index contributed by atoms with van der Waals surface area (Å²) in [6, 6.07) is 18.9. The van der Waals surface area contributed by atoms with Crippen molar-refractivity contribution in [3.8, 4) is 11.1 Å². The van der Waals surface area contributed by atoms with Gasteiger partial charge in [-0.2, -0.15) is 0 Å². The number of hydrogen-bond donors (Lipinski definition) is 0. The van der Waals surface area contributed by atoms with E-state index in [0.29, 0.717) is 0 Å². The number of anilines is 1. The third kappa shape index (κ3) is 2.84. The first-order chi connectivity index (χ1) is 7.27. The second-order valence-electron chi connectivity index (χ2n) is 3.15. The lowest BCUT2D eigenvalue weighted by atomic mass is 10.1. The second-order valence-corrected chi connectivity index (χ2v) is 6.93. The van der Waals surface area contributed by atoms with Crippen LogP contribution in [0.1, 0.15) is 0 Å². The Labute approximate surface area is 117 Å². The third-order valence-corrected chi connectivity index (χ3v) is 3.26. The quantitative estimate of drug-likeness (QED) is 0.495. The maximum absolute atomic E-state index is 2.26. The Balaban J connectivity index is 2.42. The Bertz CT molecular complexity index is 440. The lowest BCUT2D eigenvalue weighted by molar-refractivity contribution is 1.60. The SMILES string of the molecule is IN(I)c1cccc(-c2ccccc2)c1. The molecule has 0 aliphatic carbocycles. The first kappa shape index (κ1) is 11.2. The topological polar surface area (TPSA) is 3.24 Å². The molecule has 2 rings (SSSR count). The maximum Gasteiger partial charge on any atom is 0.0697 e. The van der Waals surface area contributed by atoms with Crippen LogP contribution in [0.25, 0.3) is 11.1 Å².